The number of aromatic nitrogens is 1. The zero-order valence-electron chi connectivity index (χ0n) is 17.5. The summed E-state index contributed by atoms with van der Waals surface area (Å²) in [7, 11) is 0. The Morgan fingerprint density at radius 2 is 1.97 bits per heavy atom. The first-order chi connectivity index (χ1) is 14.5. The molecule has 2 amide bonds. The van der Waals surface area contributed by atoms with Crippen molar-refractivity contribution in [2.24, 2.45) is 22.7 Å². The number of hydrogen-bond acceptors (Lipinski definition) is 5. The molecule has 2 aliphatic carbocycles. The lowest BCUT2D eigenvalue weighted by molar-refractivity contribution is -0.132. The van der Waals surface area contributed by atoms with Gasteiger partial charge in [-0.1, -0.05) is 18.2 Å². The van der Waals surface area contributed by atoms with Crippen LogP contribution in [0, 0.1) is 17.8 Å². The third-order valence-corrected chi connectivity index (χ3v) is 9.05. The van der Waals surface area contributed by atoms with E-state index in [1.807, 2.05) is 17.0 Å². The summed E-state index contributed by atoms with van der Waals surface area (Å²) in [6.07, 6.45) is 10.8. The predicted molar refractivity (Wildman–Crippen MR) is 118 cm³/mol. The Bertz CT molecular complexity index is 852. The molecule has 2 saturated carbocycles. The number of fused-ring (bicyclic) bond motifs is 2. The van der Waals surface area contributed by atoms with Crippen LogP contribution in [0.5, 0.6) is 0 Å². The quantitative estimate of drug-likeness (QED) is 0.801. The van der Waals surface area contributed by atoms with E-state index in [4.69, 9.17) is 0 Å². The second-order valence-corrected chi connectivity index (χ2v) is 11.0. The van der Waals surface area contributed by atoms with Gasteiger partial charge < -0.3 is 10.2 Å². The van der Waals surface area contributed by atoms with Crippen molar-refractivity contribution in [3.8, 4) is 0 Å². The molecule has 0 spiro atoms. The number of amides is 2. The van der Waals surface area contributed by atoms with Crippen molar-refractivity contribution in [2.75, 3.05) is 13.1 Å². The number of piperidine rings is 1. The first kappa shape index (κ1) is 20.0. The van der Waals surface area contributed by atoms with Crippen LogP contribution in [0.25, 0.3) is 0 Å². The van der Waals surface area contributed by atoms with E-state index < -0.39 is 4.75 Å². The second-order valence-electron chi connectivity index (χ2n) is 9.54. The highest BCUT2D eigenvalue weighted by molar-refractivity contribution is 8.16. The summed E-state index contributed by atoms with van der Waals surface area (Å²) in [6, 6.07) is 4.28. The van der Waals surface area contributed by atoms with Crippen LogP contribution >= 0.6 is 11.8 Å². The molecule has 2 bridgehead atoms. The molecule has 5 rings (SSSR count). The topological polar surface area (TPSA) is 74.7 Å². The fourth-order valence-electron chi connectivity index (χ4n) is 5.84. The molecule has 0 aromatic carbocycles. The Kier molecular flexibility index (Phi) is 5.33. The van der Waals surface area contributed by atoms with Crippen LogP contribution in [0.4, 0.5) is 0 Å². The molecule has 3 fully saturated rings. The van der Waals surface area contributed by atoms with Crippen molar-refractivity contribution in [3.05, 3.63) is 30.1 Å². The van der Waals surface area contributed by atoms with Crippen LogP contribution in [-0.2, 0) is 16.0 Å². The van der Waals surface area contributed by atoms with Gasteiger partial charge in [0.15, 0.2) is 5.17 Å². The van der Waals surface area contributed by atoms with Crippen molar-refractivity contribution in [1.29, 1.82) is 0 Å². The first-order valence-electron chi connectivity index (χ1n) is 11.3. The monoisotopic (exact) mass is 426 g/mol. The van der Waals surface area contributed by atoms with Gasteiger partial charge in [-0.25, -0.2) is 0 Å². The largest absolute Gasteiger partial charge is 0.361 e. The second kappa shape index (κ2) is 7.98. The number of rotatable bonds is 4. The average molecular weight is 427 g/mol. The highest BCUT2D eigenvalue weighted by atomic mass is 32.2. The molecule has 6 nitrogen and oxygen atoms in total. The highest BCUT2D eigenvalue weighted by Gasteiger charge is 2.49. The summed E-state index contributed by atoms with van der Waals surface area (Å²) in [4.78, 5) is 35.9. The number of carbonyl (C=O) groups is 2. The summed E-state index contributed by atoms with van der Waals surface area (Å²) >= 11 is 1.63. The Labute approximate surface area is 182 Å². The maximum Gasteiger partial charge on any atom is 0.264 e. The van der Waals surface area contributed by atoms with Gasteiger partial charge in [0.25, 0.3) is 5.91 Å². The Balaban J connectivity index is 1.15. The van der Waals surface area contributed by atoms with E-state index >= 15 is 0 Å². The Morgan fingerprint density at radius 3 is 2.63 bits per heavy atom. The molecule has 3 heterocycles. The molecular weight excluding hydrogens is 396 g/mol. The Morgan fingerprint density at radius 1 is 1.20 bits per heavy atom. The molecule has 2 aliphatic heterocycles. The fourth-order valence-corrected chi connectivity index (χ4v) is 7.11. The number of likely N-dealkylation sites (tertiary alicyclic amines) is 1. The molecule has 30 heavy (non-hydrogen) atoms. The standard InChI is InChI=1S/C23H30N4O2S/c1-23(21(29)26-22(30-23)25-19-13-16-2-3-17(19)12-16)18-6-10-27(11-7-18)20(28)14-15-4-8-24-9-5-15/h4-5,8-9,16-19H,2-3,6-7,10-14H2,1H3,(H,25,26,29)/t16-,17+,19+,23?/m1/s1. The number of nitrogens with zero attached hydrogens (tertiary/aromatic N) is 3. The van der Waals surface area contributed by atoms with Crippen LogP contribution in [0.3, 0.4) is 0 Å². The molecule has 1 unspecified atom stereocenters. The van der Waals surface area contributed by atoms with E-state index in [0.717, 1.165) is 35.4 Å². The molecule has 160 valence electrons. The van der Waals surface area contributed by atoms with Crippen molar-refractivity contribution < 1.29 is 9.59 Å². The SMILES string of the molecule is CC1(C2CCN(C(=O)Cc3ccncc3)CC2)SC(N[C@H]2C[C@@H]3CC[C@H]2C3)=NC1=O. The molecule has 7 heteroatoms. The van der Waals surface area contributed by atoms with E-state index in [1.54, 1.807) is 24.2 Å². The smallest absolute Gasteiger partial charge is 0.264 e. The molecule has 1 aromatic heterocycles. The van der Waals surface area contributed by atoms with Gasteiger partial charge >= 0.3 is 0 Å². The van der Waals surface area contributed by atoms with Gasteiger partial charge in [0.2, 0.25) is 5.91 Å². The van der Waals surface area contributed by atoms with Crippen molar-refractivity contribution in [1.82, 2.24) is 15.2 Å². The van der Waals surface area contributed by atoms with Crippen LogP contribution in [0.2, 0.25) is 0 Å². The normalized spacial score (nSPS) is 33.8. The minimum atomic E-state index is -0.500. The van der Waals surface area contributed by atoms with Crippen molar-refractivity contribution in [3.63, 3.8) is 0 Å². The van der Waals surface area contributed by atoms with Crippen molar-refractivity contribution >= 4 is 28.7 Å². The van der Waals surface area contributed by atoms with E-state index in [0.29, 0.717) is 25.6 Å². The first-order valence-corrected chi connectivity index (χ1v) is 12.1. The lowest BCUT2D eigenvalue weighted by Crippen LogP contribution is -2.47. The van der Waals surface area contributed by atoms with E-state index in [-0.39, 0.29) is 17.7 Å². The van der Waals surface area contributed by atoms with Crippen LogP contribution in [0.1, 0.15) is 51.0 Å². The summed E-state index contributed by atoms with van der Waals surface area (Å²) in [6.45, 7) is 3.48. The summed E-state index contributed by atoms with van der Waals surface area (Å²) in [5, 5.41) is 4.44. The van der Waals surface area contributed by atoms with E-state index in [1.165, 1.54) is 25.7 Å². The van der Waals surface area contributed by atoms with Gasteiger partial charge in [0.1, 0.15) is 4.75 Å². The molecule has 1 N–H and O–H groups in total. The molecule has 1 aromatic rings. The van der Waals surface area contributed by atoms with Crippen molar-refractivity contribution in [2.45, 2.75) is 62.7 Å². The number of aliphatic imine (C=N–C) groups is 1. The maximum atomic E-state index is 12.9. The summed E-state index contributed by atoms with van der Waals surface area (Å²) in [5.74, 6) is 2.04. The third kappa shape index (κ3) is 3.77. The number of nitrogens with one attached hydrogen (secondary N) is 1. The van der Waals surface area contributed by atoms with Gasteiger partial charge in [-0.05, 0) is 74.5 Å². The molecular formula is C23H30N4O2S. The fraction of sp³-hybridized carbons (Fsp3) is 0.652. The van der Waals surface area contributed by atoms with E-state index in [2.05, 4.69) is 22.2 Å². The van der Waals surface area contributed by atoms with Gasteiger partial charge in [0, 0.05) is 31.5 Å². The number of carbonyl (C=O) groups excluding carboxylic acids is 2. The number of pyridine rings is 1. The molecule has 1 saturated heterocycles. The average Bonchev–Trinajstić information content (AvgIpc) is 3.44. The lowest BCUT2D eigenvalue weighted by atomic mass is 9.84. The minimum absolute atomic E-state index is 0.000261. The molecule has 4 aliphatic rings. The zero-order chi connectivity index (χ0) is 20.7. The zero-order valence-corrected chi connectivity index (χ0v) is 18.4. The predicted octanol–water partition coefficient (Wildman–Crippen LogP) is 3.03. The number of amidine groups is 1. The number of hydrogen-bond donors (Lipinski definition) is 1. The van der Waals surface area contributed by atoms with Crippen LogP contribution in [-0.4, -0.2) is 50.7 Å². The number of thioether (sulfide) groups is 1. The van der Waals surface area contributed by atoms with E-state index in [9.17, 15) is 9.59 Å². The van der Waals surface area contributed by atoms with Gasteiger partial charge in [0.05, 0.1) is 6.42 Å². The molecule has 4 atom stereocenters. The summed E-state index contributed by atoms with van der Waals surface area (Å²) < 4.78 is -0.500. The highest BCUT2D eigenvalue weighted by Crippen LogP contribution is 2.47. The lowest BCUT2D eigenvalue weighted by Gasteiger charge is -2.38. The van der Waals surface area contributed by atoms with Crippen LogP contribution < -0.4 is 5.32 Å². The Hall–Kier alpha value is -1.89. The molecule has 0 radical (unpaired) electrons. The maximum absolute atomic E-state index is 12.9. The van der Waals surface area contributed by atoms with Gasteiger partial charge in [-0.3, -0.25) is 14.6 Å². The van der Waals surface area contributed by atoms with Gasteiger partial charge in [-0.2, -0.15) is 4.99 Å². The third-order valence-electron chi connectivity index (χ3n) is 7.71. The van der Waals surface area contributed by atoms with Gasteiger partial charge in [-0.15, -0.1) is 0 Å². The summed E-state index contributed by atoms with van der Waals surface area (Å²) in [5.41, 5.74) is 0.996. The van der Waals surface area contributed by atoms with Crippen LogP contribution in [0.15, 0.2) is 29.5 Å². The minimum Gasteiger partial charge on any atom is -0.361 e.